The summed E-state index contributed by atoms with van der Waals surface area (Å²) < 4.78 is 1.07. The Labute approximate surface area is 134 Å². The first-order chi connectivity index (χ1) is 10.6. The van der Waals surface area contributed by atoms with Crippen molar-refractivity contribution in [3.63, 3.8) is 0 Å². The molecule has 1 aliphatic carbocycles. The van der Waals surface area contributed by atoms with Gasteiger partial charge < -0.3 is 10.4 Å². The average Bonchev–Trinajstić information content (AvgIpc) is 3.04. The van der Waals surface area contributed by atoms with Crippen LogP contribution in [-0.4, -0.2) is 47.1 Å². The number of nitrogens with zero attached hydrogens (tertiary/aromatic N) is 2. The maximum Gasteiger partial charge on any atom is 0.240 e. The van der Waals surface area contributed by atoms with Crippen LogP contribution in [0.25, 0.3) is 10.2 Å². The molecule has 2 unspecified atom stereocenters. The van der Waals surface area contributed by atoms with E-state index in [1.807, 2.05) is 36.2 Å². The minimum Gasteiger partial charge on any atom is -0.393 e. The zero-order chi connectivity index (χ0) is 15.5. The molecule has 1 amide bonds. The average molecular weight is 319 g/mol. The van der Waals surface area contributed by atoms with Crippen molar-refractivity contribution in [2.75, 3.05) is 25.5 Å². The van der Waals surface area contributed by atoms with Crippen molar-refractivity contribution in [3.05, 3.63) is 24.3 Å². The molecule has 1 aromatic heterocycles. The maximum atomic E-state index is 12.1. The SMILES string of the molecule is CN(CC(=O)Nc1nc2ccccc2s1)CC1CCCC1O. The number of anilines is 1. The minimum absolute atomic E-state index is 0.0611. The van der Waals surface area contributed by atoms with Crippen LogP contribution in [0.1, 0.15) is 19.3 Å². The van der Waals surface area contributed by atoms with E-state index in [1.54, 1.807) is 0 Å². The number of likely N-dealkylation sites (N-methyl/N-ethyl adjacent to an activating group) is 1. The molecule has 1 saturated carbocycles. The molecule has 2 N–H and O–H groups in total. The predicted molar refractivity (Wildman–Crippen MR) is 89.1 cm³/mol. The molecule has 0 saturated heterocycles. The summed E-state index contributed by atoms with van der Waals surface area (Å²) in [5, 5.41) is 13.4. The van der Waals surface area contributed by atoms with E-state index in [4.69, 9.17) is 0 Å². The largest absolute Gasteiger partial charge is 0.393 e. The minimum atomic E-state index is -0.213. The van der Waals surface area contributed by atoms with Gasteiger partial charge >= 0.3 is 0 Å². The van der Waals surface area contributed by atoms with Crippen LogP contribution in [0, 0.1) is 5.92 Å². The molecule has 0 spiro atoms. The number of aromatic nitrogens is 1. The van der Waals surface area contributed by atoms with E-state index in [9.17, 15) is 9.90 Å². The lowest BCUT2D eigenvalue weighted by atomic mass is 10.1. The molecule has 22 heavy (non-hydrogen) atoms. The van der Waals surface area contributed by atoms with Crippen LogP contribution in [0.3, 0.4) is 0 Å². The van der Waals surface area contributed by atoms with Gasteiger partial charge in [-0.25, -0.2) is 4.98 Å². The van der Waals surface area contributed by atoms with E-state index in [1.165, 1.54) is 11.3 Å². The number of hydrogen-bond acceptors (Lipinski definition) is 5. The van der Waals surface area contributed by atoms with Crippen LogP contribution in [0.2, 0.25) is 0 Å². The standard InChI is InChI=1S/C16H21N3O2S/c1-19(9-11-5-4-7-13(11)20)10-15(21)18-16-17-12-6-2-3-8-14(12)22-16/h2-3,6,8,11,13,20H,4-5,7,9-10H2,1H3,(H,17,18,21). The molecule has 118 valence electrons. The lowest BCUT2D eigenvalue weighted by Gasteiger charge is -2.22. The number of thiazole rings is 1. The highest BCUT2D eigenvalue weighted by molar-refractivity contribution is 7.22. The van der Waals surface area contributed by atoms with E-state index in [0.29, 0.717) is 17.6 Å². The summed E-state index contributed by atoms with van der Waals surface area (Å²) in [5.74, 6) is 0.231. The molecule has 5 nitrogen and oxygen atoms in total. The first kappa shape index (κ1) is 15.4. The molecule has 1 heterocycles. The zero-order valence-electron chi connectivity index (χ0n) is 12.7. The maximum absolute atomic E-state index is 12.1. The number of carbonyl (C=O) groups is 1. The van der Waals surface area contributed by atoms with Gasteiger partial charge in [-0.05, 0) is 37.9 Å². The quantitative estimate of drug-likeness (QED) is 0.888. The van der Waals surface area contributed by atoms with Crippen molar-refractivity contribution in [2.45, 2.75) is 25.4 Å². The van der Waals surface area contributed by atoms with Crippen LogP contribution in [0.4, 0.5) is 5.13 Å². The third kappa shape index (κ3) is 3.63. The topological polar surface area (TPSA) is 65.5 Å². The van der Waals surface area contributed by atoms with Crippen LogP contribution in [0.5, 0.6) is 0 Å². The highest BCUT2D eigenvalue weighted by Crippen LogP contribution is 2.26. The van der Waals surface area contributed by atoms with Gasteiger partial charge in [-0.1, -0.05) is 29.9 Å². The lowest BCUT2D eigenvalue weighted by molar-refractivity contribution is -0.117. The zero-order valence-corrected chi connectivity index (χ0v) is 13.5. The van der Waals surface area contributed by atoms with Crippen molar-refractivity contribution >= 4 is 32.6 Å². The molecule has 2 aromatic rings. The number of para-hydroxylation sites is 1. The monoisotopic (exact) mass is 319 g/mol. The summed E-state index contributed by atoms with van der Waals surface area (Å²) in [6, 6.07) is 7.84. The number of carbonyl (C=O) groups excluding carboxylic acids is 1. The summed E-state index contributed by atoms with van der Waals surface area (Å²) in [6.45, 7) is 1.08. The Morgan fingerprint density at radius 3 is 3.00 bits per heavy atom. The van der Waals surface area contributed by atoms with Crippen molar-refractivity contribution in [1.82, 2.24) is 9.88 Å². The number of hydrogen-bond donors (Lipinski definition) is 2. The highest BCUT2D eigenvalue weighted by atomic mass is 32.1. The summed E-state index contributed by atoms with van der Waals surface area (Å²) in [5.41, 5.74) is 0.908. The number of nitrogens with one attached hydrogen (secondary N) is 1. The molecule has 3 rings (SSSR count). The molecule has 0 bridgehead atoms. The third-order valence-corrected chi connectivity index (χ3v) is 5.07. The second-order valence-electron chi connectivity index (χ2n) is 5.99. The predicted octanol–water partition coefficient (Wildman–Crippen LogP) is 2.33. The Kier molecular flexibility index (Phi) is 4.71. The van der Waals surface area contributed by atoms with Gasteiger partial charge in [0.15, 0.2) is 5.13 Å². The van der Waals surface area contributed by atoms with Gasteiger partial charge in [0.05, 0.1) is 22.9 Å². The van der Waals surface area contributed by atoms with E-state index >= 15 is 0 Å². The van der Waals surface area contributed by atoms with Gasteiger partial charge in [-0.15, -0.1) is 0 Å². The molecular formula is C16H21N3O2S. The summed E-state index contributed by atoms with van der Waals surface area (Å²) in [6.07, 6.45) is 2.80. The molecule has 1 aromatic carbocycles. The van der Waals surface area contributed by atoms with Crippen molar-refractivity contribution in [1.29, 1.82) is 0 Å². The first-order valence-electron chi connectivity index (χ1n) is 7.64. The van der Waals surface area contributed by atoms with Crippen molar-refractivity contribution in [3.8, 4) is 0 Å². The Morgan fingerprint density at radius 1 is 1.45 bits per heavy atom. The molecule has 2 atom stereocenters. The molecule has 1 fully saturated rings. The van der Waals surface area contributed by atoms with Crippen molar-refractivity contribution < 1.29 is 9.90 Å². The number of amides is 1. The van der Waals surface area contributed by atoms with Gasteiger partial charge in [0.1, 0.15) is 0 Å². The van der Waals surface area contributed by atoms with E-state index in [-0.39, 0.29) is 12.0 Å². The normalized spacial score (nSPS) is 21.6. The Balaban J connectivity index is 1.53. The molecular weight excluding hydrogens is 298 g/mol. The highest BCUT2D eigenvalue weighted by Gasteiger charge is 2.26. The fraction of sp³-hybridized carbons (Fsp3) is 0.500. The number of rotatable bonds is 5. The van der Waals surface area contributed by atoms with Gasteiger partial charge in [0, 0.05) is 6.54 Å². The van der Waals surface area contributed by atoms with E-state index in [2.05, 4.69) is 10.3 Å². The number of fused-ring (bicyclic) bond motifs is 1. The van der Waals surface area contributed by atoms with Gasteiger partial charge in [0.2, 0.25) is 5.91 Å². The molecule has 1 aliphatic rings. The van der Waals surface area contributed by atoms with E-state index < -0.39 is 0 Å². The summed E-state index contributed by atoms with van der Waals surface area (Å²) in [7, 11) is 1.92. The number of benzene rings is 1. The fourth-order valence-corrected chi connectivity index (χ4v) is 3.91. The van der Waals surface area contributed by atoms with Gasteiger partial charge in [-0.2, -0.15) is 0 Å². The Hall–Kier alpha value is -1.50. The van der Waals surface area contributed by atoms with Crippen LogP contribution < -0.4 is 5.32 Å². The Morgan fingerprint density at radius 2 is 2.27 bits per heavy atom. The second-order valence-corrected chi connectivity index (χ2v) is 7.02. The second kappa shape index (κ2) is 6.73. The fourth-order valence-electron chi connectivity index (χ4n) is 3.02. The lowest BCUT2D eigenvalue weighted by Crippen LogP contribution is -2.35. The Bertz CT molecular complexity index is 625. The summed E-state index contributed by atoms with van der Waals surface area (Å²) >= 11 is 1.48. The smallest absolute Gasteiger partial charge is 0.240 e. The van der Waals surface area contributed by atoms with Gasteiger partial charge in [0.25, 0.3) is 0 Å². The molecule has 6 heteroatoms. The van der Waals surface area contributed by atoms with Crippen molar-refractivity contribution in [2.24, 2.45) is 5.92 Å². The van der Waals surface area contributed by atoms with Crippen LogP contribution in [-0.2, 0) is 4.79 Å². The van der Waals surface area contributed by atoms with E-state index in [0.717, 1.165) is 36.0 Å². The molecule has 0 aliphatic heterocycles. The summed E-state index contributed by atoms with van der Waals surface area (Å²) in [4.78, 5) is 18.5. The number of aliphatic hydroxyl groups excluding tert-OH is 1. The number of aliphatic hydroxyl groups is 1. The van der Waals surface area contributed by atoms with Crippen LogP contribution in [0.15, 0.2) is 24.3 Å². The van der Waals surface area contributed by atoms with Gasteiger partial charge in [-0.3, -0.25) is 9.69 Å². The third-order valence-electron chi connectivity index (χ3n) is 4.12. The van der Waals surface area contributed by atoms with Crippen LogP contribution >= 0.6 is 11.3 Å². The molecule has 0 radical (unpaired) electrons. The first-order valence-corrected chi connectivity index (χ1v) is 8.45.